The molecule has 1 fully saturated rings. The van der Waals surface area contributed by atoms with Gasteiger partial charge in [0.1, 0.15) is 12.1 Å². The van der Waals surface area contributed by atoms with Gasteiger partial charge in [0.25, 0.3) is 11.8 Å². The summed E-state index contributed by atoms with van der Waals surface area (Å²) in [6, 6.07) is 0.240. The van der Waals surface area contributed by atoms with E-state index in [1.54, 1.807) is 17.2 Å². The highest BCUT2D eigenvalue weighted by Crippen LogP contribution is 2.36. The van der Waals surface area contributed by atoms with Crippen molar-refractivity contribution in [2.24, 2.45) is 10.9 Å². The van der Waals surface area contributed by atoms with Crippen molar-refractivity contribution in [3.05, 3.63) is 68.9 Å². The number of carboxylic acid groups (broad SMARTS) is 1. The molecule has 41 heavy (non-hydrogen) atoms. The Bertz CT molecular complexity index is 1430. The second-order valence-electron chi connectivity index (χ2n) is 10.1. The standard InChI is InChI=1S/C28H28Cl2N6O5/c29-19-11-17-14-36(26(38)22-12-16-5-1-2-6-21(16)41-22)10-7-18(17)24(30)23(19)25(37)34-20(27(39)40)13-32-28(33-15-31)35-8-3-4-9-35/h1-2,5-6,11-12,16,20-21H,3-4,7-10,13-14H2,(H,32,33)(H,34,37)(H,39,40)/t16?,20-,21?/m0/s1. The highest BCUT2D eigenvalue weighted by Gasteiger charge is 2.35. The Morgan fingerprint density at radius 2 is 1.93 bits per heavy atom. The third kappa shape index (κ3) is 6.04. The lowest BCUT2D eigenvalue weighted by Crippen LogP contribution is -2.51. The summed E-state index contributed by atoms with van der Waals surface area (Å²) in [5, 5.41) is 24.3. The number of nitriles is 1. The van der Waals surface area contributed by atoms with E-state index in [9.17, 15) is 19.5 Å². The van der Waals surface area contributed by atoms with Gasteiger partial charge in [-0.25, -0.2) is 4.79 Å². The average Bonchev–Trinajstić information content (AvgIpc) is 3.64. The van der Waals surface area contributed by atoms with Crippen LogP contribution in [0.5, 0.6) is 0 Å². The van der Waals surface area contributed by atoms with Gasteiger partial charge in [0, 0.05) is 38.6 Å². The number of halogens is 2. The van der Waals surface area contributed by atoms with Crippen molar-refractivity contribution in [3.63, 3.8) is 0 Å². The largest absolute Gasteiger partial charge is 0.480 e. The van der Waals surface area contributed by atoms with E-state index in [4.69, 9.17) is 33.2 Å². The highest BCUT2D eigenvalue weighted by molar-refractivity contribution is 6.40. The lowest BCUT2D eigenvalue weighted by Gasteiger charge is -2.30. The van der Waals surface area contributed by atoms with Gasteiger partial charge in [-0.05, 0) is 48.6 Å². The summed E-state index contributed by atoms with van der Waals surface area (Å²) in [7, 11) is 0. The molecular formula is C28H28Cl2N6O5. The number of aliphatic imine (C=N–C) groups is 1. The number of ether oxygens (including phenoxy) is 1. The average molecular weight is 599 g/mol. The molecule has 3 heterocycles. The van der Waals surface area contributed by atoms with E-state index in [0.29, 0.717) is 42.9 Å². The van der Waals surface area contributed by atoms with E-state index in [0.717, 1.165) is 12.8 Å². The van der Waals surface area contributed by atoms with Crippen LogP contribution in [0.1, 0.15) is 34.3 Å². The van der Waals surface area contributed by atoms with E-state index in [2.05, 4.69) is 15.6 Å². The molecule has 1 aliphatic carbocycles. The second-order valence-corrected chi connectivity index (χ2v) is 10.9. The number of guanidine groups is 1. The van der Waals surface area contributed by atoms with Crippen molar-refractivity contribution in [2.75, 3.05) is 26.2 Å². The second kappa shape index (κ2) is 12.2. The molecule has 11 nitrogen and oxygen atoms in total. The summed E-state index contributed by atoms with van der Waals surface area (Å²) < 4.78 is 5.85. The Morgan fingerprint density at radius 1 is 1.17 bits per heavy atom. The van der Waals surface area contributed by atoms with Crippen molar-refractivity contribution in [1.82, 2.24) is 20.4 Å². The van der Waals surface area contributed by atoms with Gasteiger partial charge in [-0.15, -0.1) is 4.99 Å². The summed E-state index contributed by atoms with van der Waals surface area (Å²) >= 11 is 13.1. The molecule has 1 aromatic carbocycles. The number of allylic oxidation sites excluding steroid dienone is 2. The first-order valence-corrected chi connectivity index (χ1v) is 14.0. The summed E-state index contributed by atoms with van der Waals surface area (Å²) in [5.41, 5.74) is 1.34. The van der Waals surface area contributed by atoms with Gasteiger partial charge in [-0.3, -0.25) is 9.59 Å². The molecule has 0 bridgehead atoms. The zero-order valence-electron chi connectivity index (χ0n) is 22.0. The number of carbonyl (C=O) groups excluding carboxylic acids is 2. The van der Waals surface area contributed by atoms with Gasteiger partial charge < -0.3 is 30.3 Å². The van der Waals surface area contributed by atoms with E-state index < -0.39 is 17.9 Å². The van der Waals surface area contributed by atoms with Gasteiger partial charge in [0.2, 0.25) is 12.2 Å². The van der Waals surface area contributed by atoms with Crippen LogP contribution in [0, 0.1) is 17.4 Å². The van der Waals surface area contributed by atoms with Crippen molar-refractivity contribution < 1.29 is 24.2 Å². The number of hydrogen-bond acceptors (Lipinski definition) is 6. The van der Waals surface area contributed by atoms with Crippen molar-refractivity contribution in [2.45, 2.75) is 38.0 Å². The minimum absolute atomic E-state index is 0.0243. The SMILES string of the molecule is N#C/N=C(/NC[C@H](NC(=O)c1c(Cl)cc2c(c1Cl)CCN(C(=O)C1=CC3C=CC=CC3O1)C2)C(=O)O)N1CCCC1. The third-order valence-corrected chi connectivity index (χ3v) is 8.21. The molecule has 0 radical (unpaired) electrons. The Morgan fingerprint density at radius 3 is 2.63 bits per heavy atom. The molecule has 3 N–H and O–H groups in total. The minimum Gasteiger partial charge on any atom is -0.480 e. The zero-order valence-corrected chi connectivity index (χ0v) is 23.5. The van der Waals surface area contributed by atoms with Crippen LogP contribution in [0.4, 0.5) is 0 Å². The van der Waals surface area contributed by atoms with Gasteiger partial charge >= 0.3 is 5.97 Å². The summed E-state index contributed by atoms with van der Waals surface area (Å²) in [5.74, 6) is -1.67. The lowest BCUT2D eigenvalue weighted by atomic mass is 9.96. The molecule has 1 aromatic rings. The van der Waals surface area contributed by atoms with Crippen LogP contribution in [-0.4, -0.2) is 77.0 Å². The number of nitrogens with one attached hydrogen (secondary N) is 2. The molecule has 0 spiro atoms. The fraction of sp³-hybridized carbons (Fsp3) is 0.393. The fourth-order valence-corrected chi connectivity index (χ4v) is 6.13. The summed E-state index contributed by atoms with van der Waals surface area (Å²) in [6.45, 7) is 1.77. The predicted octanol–water partition coefficient (Wildman–Crippen LogP) is 2.61. The molecule has 3 atom stereocenters. The number of carbonyl (C=O) groups is 3. The van der Waals surface area contributed by atoms with E-state index in [1.807, 2.05) is 35.3 Å². The maximum Gasteiger partial charge on any atom is 0.328 e. The van der Waals surface area contributed by atoms with Crippen LogP contribution in [0.3, 0.4) is 0 Å². The Balaban J connectivity index is 1.27. The van der Waals surface area contributed by atoms with Crippen LogP contribution in [0.2, 0.25) is 10.0 Å². The van der Waals surface area contributed by atoms with Crippen LogP contribution in [-0.2, 0) is 27.3 Å². The van der Waals surface area contributed by atoms with Crippen LogP contribution < -0.4 is 10.6 Å². The number of rotatable bonds is 6. The smallest absolute Gasteiger partial charge is 0.328 e. The Kier molecular flexibility index (Phi) is 8.52. The van der Waals surface area contributed by atoms with Gasteiger partial charge in [-0.2, -0.15) is 5.26 Å². The first kappa shape index (κ1) is 28.5. The molecular weight excluding hydrogens is 571 g/mol. The molecule has 1 saturated heterocycles. The Labute approximate surface area is 246 Å². The van der Waals surface area contributed by atoms with Gasteiger partial charge in [0.15, 0.2) is 5.76 Å². The predicted molar refractivity (Wildman–Crippen MR) is 151 cm³/mol. The molecule has 0 saturated carbocycles. The number of nitrogens with zero attached hydrogens (tertiary/aromatic N) is 4. The van der Waals surface area contributed by atoms with Crippen molar-refractivity contribution in [3.8, 4) is 6.19 Å². The number of carboxylic acids is 1. The van der Waals surface area contributed by atoms with Crippen LogP contribution in [0.25, 0.3) is 0 Å². The molecule has 5 rings (SSSR count). The number of hydrogen-bond donors (Lipinski definition) is 3. The number of benzene rings is 1. The van der Waals surface area contributed by atoms with Gasteiger partial charge in [-0.1, -0.05) is 41.4 Å². The number of aliphatic carboxylic acids is 1. The molecule has 2 amide bonds. The number of amides is 2. The Hall–Kier alpha value is -4.01. The summed E-state index contributed by atoms with van der Waals surface area (Å²) in [6.07, 6.45) is 13.3. The highest BCUT2D eigenvalue weighted by atomic mass is 35.5. The van der Waals surface area contributed by atoms with Crippen molar-refractivity contribution >= 4 is 46.9 Å². The van der Waals surface area contributed by atoms with E-state index in [1.165, 1.54) is 0 Å². The number of likely N-dealkylation sites (tertiary alicyclic amines) is 1. The monoisotopic (exact) mass is 598 g/mol. The summed E-state index contributed by atoms with van der Waals surface area (Å²) in [4.78, 5) is 45.6. The minimum atomic E-state index is -1.35. The molecule has 0 aromatic heterocycles. The van der Waals surface area contributed by atoms with E-state index in [-0.39, 0.29) is 52.6 Å². The first-order chi connectivity index (χ1) is 19.8. The zero-order chi connectivity index (χ0) is 29.1. The maximum atomic E-state index is 13.2. The molecule has 3 aliphatic heterocycles. The van der Waals surface area contributed by atoms with E-state index >= 15 is 0 Å². The van der Waals surface area contributed by atoms with Crippen LogP contribution >= 0.6 is 23.2 Å². The number of fused-ring (bicyclic) bond motifs is 2. The van der Waals surface area contributed by atoms with Crippen LogP contribution in [0.15, 0.2) is 47.2 Å². The topological polar surface area (TPSA) is 147 Å². The third-order valence-electron chi connectivity index (χ3n) is 7.49. The van der Waals surface area contributed by atoms with Gasteiger partial charge in [0.05, 0.1) is 15.6 Å². The normalized spacial score (nSPS) is 21.8. The quantitative estimate of drug-likeness (QED) is 0.257. The molecule has 4 aliphatic rings. The molecule has 2 unspecified atom stereocenters. The molecule has 214 valence electrons. The van der Waals surface area contributed by atoms with Crippen molar-refractivity contribution in [1.29, 1.82) is 5.26 Å². The lowest BCUT2D eigenvalue weighted by molar-refractivity contribution is -0.139. The maximum absolute atomic E-state index is 13.2. The molecule has 13 heteroatoms. The first-order valence-electron chi connectivity index (χ1n) is 13.3. The fourth-order valence-electron chi connectivity index (χ4n) is 5.37.